The molecule has 2 heterocycles. The third-order valence-corrected chi connectivity index (χ3v) is 3.60. The number of carbonyl (C=O) groups is 1. The van der Waals surface area contributed by atoms with E-state index in [1.54, 1.807) is 0 Å². The third kappa shape index (κ3) is 2.95. The zero-order chi connectivity index (χ0) is 11.4. The number of rotatable bonds is 4. The van der Waals surface area contributed by atoms with E-state index in [1.165, 1.54) is 0 Å². The Morgan fingerprint density at radius 2 is 2.31 bits per heavy atom. The second kappa shape index (κ2) is 5.64. The summed E-state index contributed by atoms with van der Waals surface area (Å²) in [6, 6.07) is 0. The molecule has 0 bridgehead atoms. The molecule has 2 aliphatic heterocycles. The molecule has 0 spiro atoms. The number of ether oxygens (including phenoxy) is 1. The molecule has 2 saturated heterocycles. The normalized spacial score (nSPS) is 29.9. The maximum absolute atomic E-state index is 11.9. The van der Waals surface area contributed by atoms with Gasteiger partial charge in [-0.15, -0.1) is 0 Å². The Hall–Kier alpha value is -0.610. The Morgan fingerprint density at radius 1 is 1.44 bits per heavy atom. The van der Waals surface area contributed by atoms with Crippen LogP contribution in [0, 0.1) is 5.92 Å². The Kier molecular flexibility index (Phi) is 4.18. The lowest BCUT2D eigenvalue weighted by atomic mass is 10.1. The molecule has 2 fully saturated rings. The molecule has 2 aliphatic rings. The van der Waals surface area contributed by atoms with Gasteiger partial charge < -0.3 is 14.7 Å². The van der Waals surface area contributed by atoms with Crippen LogP contribution in [0.1, 0.15) is 32.1 Å². The fourth-order valence-electron chi connectivity index (χ4n) is 2.61. The highest BCUT2D eigenvalue weighted by Gasteiger charge is 2.28. The largest absolute Gasteiger partial charge is 0.396 e. The third-order valence-electron chi connectivity index (χ3n) is 3.60. The van der Waals surface area contributed by atoms with Crippen LogP contribution < -0.4 is 0 Å². The predicted molar refractivity (Wildman–Crippen MR) is 60.0 cm³/mol. The lowest BCUT2D eigenvalue weighted by Gasteiger charge is -2.18. The van der Waals surface area contributed by atoms with Gasteiger partial charge in [0.2, 0.25) is 5.91 Å². The van der Waals surface area contributed by atoms with E-state index in [0.717, 1.165) is 45.4 Å². The van der Waals surface area contributed by atoms with E-state index < -0.39 is 0 Å². The average Bonchev–Trinajstić information content (AvgIpc) is 2.89. The minimum Gasteiger partial charge on any atom is -0.396 e. The van der Waals surface area contributed by atoms with Gasteiger partial charge in [0.15, 0.2) is 0 Å². The number of aliphatic hydroxyl groups is 1. The molecule has 4 nitrogen and oxygen atoms in total. The van der Waals surface area contributed by atoms with E-state index in [1.807, 2.05) is 4.90 Å². The first-order valence-corrected chi connectivity index (χ1v) is 6.30. The molecule has 2 rings (SSSR count). The first-order chi connectivity index (χ1) is 7.79. The topological polar surface area (TPSA) is 49.8 Å². The molecule has 0 aliphatic carbocycles. The Bertz CT molecular complexity index is 238. The molecule has 0 aromatic carbocycles. The highest BCUT2D eigenvalue weighted by molar-refractivity contribution is 5.77. The summed E-state index contributed by atoms with van der Waals surface area (Å²) < 4.78 is 5.47. The number of likely N-dealkylation sites (tertiary alicyclic amines) is 1. The van der Waals surface area contributed by atoms with E-state index >= 15 is 0 Å². The van der Waals surface area contributed by atoms with Crippen LogP contribution in [0.2, 0.25) is 0 Å². The van der Waals surface area contributed by atoms with Crippen molar-refractivity contribution in [1.29, 1.82) is 0 Å². The minimum absolute atomic E-state index is 0.157. The summed E-state index contributed by atoms with van der Waals surface area (Å²) in [4.78, 5) is 13.9. The van der Waals surface area contributed by atoms with Crippen molar-refractivity contribution in [3.63, 3.8) is 0 Å². The maximum Gasteiger partial charge on any atom is 0.225 e. The molecule has 2 unspecified atom stereocenters. The fraction of sp³-hybridized carbons (Fsp3) is 0.917. The standard InChI is InChI=1S/C12H21NO3/c14-6-4-10-3-5-13(9-10)12(15)8-11-2-1-7-16-11/h10-11,14H,1-9H2. The van der Waals surface area contributed by atoms with Crippen molar-refractivity contribution in [3.8, 4) is 0 Å². The second-order valence-corrected chi connectivity index (χ2v) is 4.85. The van der Waals surface area contributed by atoms with Gasteiger partial charge in [-0.2, -0.15) is 0 Å². The van der Waals surface area contributed by atoms with E-state index in [4.69, 9.17) is 9.84 Å². The van der Waals surface area contributed by atoms with Crippen molar-refractivity contribution in [3.05, 3.63) is 0 Å². The molecule has 0 radical (unpaired) electrons. The van der Waals surface area contributed by atoms with Crippen LogP contribution in [-0.4, -0.2) is 48.3 Å². The minimum atomic E-state index is 0.157. The Morgan fingerprint density at radius 3 is 3.00 bits per heavy atom. The molecule has 2 atom stereocenters. The molecule has 1 amide bonds. The molecule has 0 saturated carbocycles. The number of carbonyl (C=O) groups excluding carboxylic acids is 1. The molecular weight excluding hydrogens is 206 g/mol. The highest BCUT2D eigenvalue weighted by atomic mass is 16.5. The van der Waals surface area contributed by atoms with E-state index in [2.05, 4.69) is 0 Å². The molecule has 16 heavy (non-hydrogen) atoms. The number of aliphatic hydroxyl groups excluding tert-OH is 1. The monoisotopic (exact) mass is 227 g/mol. The van der Waals surface area contributed by atoms with E-state index in [9.17, 15) is 4.79 Å². The SMILES string of the molecule is O=C(CC1CCCO1)N1CCC(CCO)C1. The van der Waals surface area contributed by atoms with Crippen LogP contribution in [0.25, 0.3) is 0 Å². The van der Waals surface area contributed by atoms with Gasteiger partial charge in [-0.3, -0.25) is 4.79 Å². The van der Waals surface area contributed by atoms with E-state index in [0.29, 0.717) is 12.3 Å². The van der Waals surface area contributed by atoms with Crippen molar-refractivity contribution in [2.24, 2.45) is 5.92 Å². The van der Waals surface area contributed by atoms with Crippen LogP contribution >= 0.6 is 0 Å². The molecule has 4 heteroatoms. The lowest BCUT2D eigenvalue weighted by molar-refractivity contribution is -0.132. The lowest BCUT2D eigenvalue weighted by Crippen LogP contribution is -2.31. The molecule has 1 N–H and O–H groups in total. The molecular formula is C12H21NO3. The van der Waals surface area contributed by atoms with Crippen LogP contribution in [0.5, 0.6) is 0 Å². The van der Waals surface area contributed by atoms with Gasteiger partial charge in [-0.05, 0) is 31.6 Å². The summed E-state index contributed by atoms with van der Waals surface area (Å²) in [5.41, 5.74) is 0. The van der Waals surface area contributed by atoms with Crippen molar-refractivity contribution < 1.29 is 14.6 Å². The van der Waals surface area contributed by atoms with Crippen molar-refractivity contribution in [2.75, 3.05) is 26.3 Å². The molecule has 0 aromatic rings. The Labute approximate surface area is 96.6 Å². The quantitative estimate of drug-likeness (QED) is 0.772. The number of hydrogen-bond donors (Lipinski definition) is 1. The number of amides is 1. The van der Waals surface area contributed by atoms with Crippen molar-refractivity contribution in [2.45, 2.75) is 38.2 Å². The summed E-state index contributed by atoms with van der Waals surface area (Å²) in [6.45, 7) is 2.73. The van der Waals surface area contributed by atoms with Crippen LogP contribution in [0.3, 0.4) is 0 Å². The maximum atomic E-state index is 11.9. The van der Waals surface area contributed by atoms with Gasteiger partial charge in [0.25, 0.3) is 0 Å². The van der Waals surface area contributed by atoms with Crippen molar-refractivity contribution in [1.82, 2.24) is 4.90 Å². The summed E-state index contributed by atoms with van der Waals surface area (Å²) in [5, 5.41) is 8.86. The number of nitrogens with zero attached hydrogens (tertiary/aromatic N) is 1. The first-order valence-electron chi connectivity index (χ1n) is 6.30. The van der Waals surface area contributed by atoms with Crippen LogP contribution in [-0.2, 0) is 9.53 Å². The second-order valence-electron chi connectivity index (χ2n) is 4.85. The zero-order valence-corrected chi connectivity index (χ0v) is 9.73. The summed E-state index contributed by atoms with van der Waals surface area (Å²) >= 11 is 0. The zero-order valence-electron chi connectivity index (χ0n) is 9.73. The number of hydrogen-bond acceptors (Lipinski definition) is 3. The average molecular weight is 227 g/mol. The van der Waals surface area contributed by atoms with Crippen LogP contribution in [0.4, 0.5) is 0 Å². The van der Waals surface area contributed by atoms with Gasteiger partial charge in [-0.25, -0.2) is 0 Å². The molecule has 92 valence electrons. The first kappa shape index (κ1) is 11.9. The van der Waals surface area contributed by atoms with Gasteiger partial charge in [0, 0.05) is 26.3 Å². The fourth-order valence-corrected chi connectivity index (χ4v) is 2.61. The van der Waals surface area contributed by atoms with E-state index in [-0.39, 0.29) is 18.6 Å². The van der Waals surface area contributed by atoms with Gasteiger partial charge in [0.1, 0.15) is 0 Å². The van der Waals surface area contributed by atoms with Crippen LogP contribution in [0.15, 0.2) is 0 Å². The van der Waals surface area contributed by atoms with Gasteiger partial charge in [0.05, 0.1) is 12.5 Å². The Balaban J connectivity index is 1.73. The summed E-state index contributed by atoms with van der Waals surface area (Å²) in [7, 11) is 0. The molecule has 0 aromatic heterocycles. The summed E-state index contributed by atoms with van der Waals surface area (Å²) in [6.07, 6.45) is 4.68. The van der Waals surface area contributed by atoms with Gasteiger partial charge in [-0.1, -0.05) is 0 Å². The predicted octanol–water partition coefficient (Wildman–Crippen LogP) is 0.786. The summed E-state index contributed by atoms with van der Waals surface area (Å²) in [5.74, 6) is 0.728. The smallest absolute Gasteiger partial charge is 0.225 e. The highest BCUT2D eigenvalue weighted by Crippen LogP contribution is 2.22. The van der Waals surface area contributed by atoms with Crippen molar-refractivity contribution >= 4 is 5.91 Å². The van der Waals surface area contributed by atoms with Gasteiger partial charge >= 0.3 is 0 Å².